The summed E-state index contributed by atoms with van der Waals surface area (Å²) in [5.41, 5.74) is 1.25. The summed E-state index contributed by atoms with van der Waals surface area (Å²) in [5, 5.41) is 13.9. The number of nitrogens with one attached hydrogen (secondary N) is 1. The van der Waals surface area contributed by atoms with E-state index in [0.717, 1.165) is 5.69 Å². The predicted molar refractivity (Wildman–Crippen MR) is 67.2 cm³/mol. The lowest BCUT2D eigenvalue weighted by Crippen LogP contribution is -2.10. The molecule has 0 spiro atoms. The summed E-state index contributed by atoms with van der Waals surface area (Å²) in [6, 6.07) is 6.37. The maximum absolute atomic E-state index is 10.9. The van der Waals surface area contributed by atoms with Gasteiger partial charge in [0.25, 0.3) is 5.69 Å². The van der Waals surface area contributed by atoms with Gasteiger partial charge in [-0.1, -0.05) is 12.1 Å². The molecule has 0 amide bonds. The number of hydrogen-bond acceptors (Lipinski definition) is 5. The van der Waals surface area contributed by atoms with Gasteiger partial charge in [-0.05, 0) is 13.0 Å². The van der Waals surface area contributed by atoms with Gasteiger partial charge in [0, 0.05) is 18.5 Å². The third kappa shape index (κ3) is 2.60. The van der Waals surface area contributed by atoms with Gasteiger partial charge in [-0.15, -0.1) is 0 Å². The van der Waals surface area contributed by atoms with E-state index in [-0.39, 0.29) is 11.7 Å². The highest BCUT2D eigenvalue weighted by Gasteiger charge is 2.15. The zero-order chi connectivity index (χ0) is 13.0. The Hall–Kier alpha value is -2.50. The highest BCUT2D eigenvalue weighted by molar-refractivity contribution is 5.61. The Morgan fingerprint density at radius 3 is 2.78 bits per heavy atom. The van der Waals surface area contributed by atoms with E-state index in [2.05, 4.69) is 15.3 Å². The van der Waals surface area contributed by atoms with Crippen molar-refractivity contribution in [2.45, 2.75) is 13.0 Å². The predicted octanol–water partition coefficient (Wildman–Crippen LogP) is 2.56. The molecule has 2 rings (SSSR count). The molecule has 0 radical (unpaired) electrons. The van der Waals surface area contributed by atoms with Crippen LogP contribution in [-0.4, -0.2) is 14.9 Å². The summed E-state index contributed by atoms with van der Waals surface area (Å²) < 4.78 is 0. The monoisotopic (exact) mass is 244 g/mol. The van der Waals surface area contributed by atoms with Crippen molar-refractivity contribution in [1.29, 1.82) is 0 Å². The second kappa shape index (κ2) is 5.22. The Labute approximate surface area is 104 Å². The van der Waals surface area contributed by atoms with Gasteiger partial charge in [0.15, 0.2) is 0 Å². The van der Waals surface area contributed by atoms with Crippen LogP contribution >= 0.6 is 0 Å². The molecule has 1 N–H and O–H groups in total. The van der Waals surface area contributed by atoms with Crippen LogP contribution in [0.15, 0.2) is 42.9 Å². The Balaban J connectivity index is 2.22. The molecule has 0 aliphatic rings. The maximum atomic E-state index is 10.9. The van der Waals surface area contributed by atoms with Gasteiger partial charge in [-0.3, -0.25) is 20.1 Å². The van der Waals surface area contributed by atoms with Crippen molar-refractivity contribution in [1.82, 2.24) is 9.97 Å². The van der Waals surface area contributed by atoms with Gasteiger partial charge in [-0.2, -0.15) is 0 Å². The van der Waals surface area contributed by atoms with Crippen LogP contribution in [0.4, 0.5) is 11.4 Å². The van der Waals surface area contributed by atoms with Crippen molar-refractivity contribution in [3.05, 3.63) is 58.7 Å². The second-order valence-electron chi connectivity index (χ2n) is 3.77. The number of hydrogen-bond donors (Lipinski definition) is 1. The fraction of sp³-hybridized carbons (Fsp3) is 0.167. The molecule has 0 aliphatic carbocycles. The van der Waals surface area contributed by atoms with Gasteiger partial charge in [-0.25, -0.2) is 0 Å². The standard InChI is InChI=1S/C12H12N4O2/c1-9(11-8-13-6-7-14-11)15-10-4-2-3-5-12(10)16(17)18/h2-9,15H,1H3. The SMILES string of the molecule is CC(Nc1ccccc1[N+](=O)[O-])c1cnccn1. The molecule has 18 heavy (non-hydrogen) atoms. The molecule has 92 valence electrons. The van der Waals surface area contributed by atoms with Crippen LogP contribution in [0.5, 0.6) is 0 Å². The highest BCUT2D eigenvalue weighted by atomic mass is 16.6. The smallest absolute Gasteiger partial charge is 0.292 e. The third-order valence-corrected chi connectivity index (χ3v) is 2.50. The lowest BCUT2D eigenvalue weighted by atomic mass is 10.2. The normalized spacial score (nSPS) is 11.8. The summed E-state index contributed by atoms with van der Waals surface area (Å²) in [7, 11) is 0. The van der Waals surface area contributed by atoms with Crippen molar-refractivity contribution in [2.24, 2.45) is 0 Å². The number of benzene rings is 1. The number of aromatic nitrogens is 2. The largest absolute Gasteiger partial charge is 0.371 e. The molecule has 1 atom stereocenters. The molecule has 6 heteroatoms. The molecule has 1 aromatic heterocycles. The van der Waals surface area contributed by atoms with Crippen LogP contribution in [0.25, 0.3) is 0 Å². The van der Waals surface area contributed by atoms with Crippen LogP contribution in [0.2, 0.25) is 0 Å². The molecule has 0 fully saturated rings. The Kier molecular flexibility index (Phi) is 3.47. The van der Waals surface area contributed by atoms with E-state index in [1.807, 2.05) is 6.92 Å². The molecule has 0 saturated heterocycles. The van der Waals surface area contributed by atoms with Gasteiger partial charge in [0.05, 0.1) is 22.9 Å². The van der Waals surface area contributed by atoms with Crippen LogP contribution in [-0.2, 0) is 0 Å². The van der Waals surface area contributed by atoms with E-state index in [0.29, 0.717) is 5.69 Å². The lowest BCUT2D eigenvalue weighted by Gasteiger charge is -2.14. The molecule has 6 nitrogen and oxygen atoms in total. The minimum Gasteiger partial charge on any atom is -0.371 e. The van der Waals surface area contributed by atoms with Crippen molar-refractivity contribution >= 4 is 11.4 Å². The quantitative estimate of drug-likeness (QED) is 0.660. The number of nitro benzene ring substituents is 1. The van der Waals surface area contributed by atoms with Gasteiger partial charge < -0.3 is 5.32 Å². The van der Waals surface area contributed by atoms with E-state index >= 15 is 0 Å². The number of nitrogens with zero attached hydrogens (tertiary/aromatic N) is 3. The highest BCUT2D eigenvalue weighted by Crippen LogP contribution is 2.26. The first-order valence-electron chi connectivity index (χ1n) is 5.44. The minimum atomic E-state index is -0.411. The summed E-state index contributed by atoms with van der Waals surface area (Å²) >= 11 is 0. The van der Waals surface area contributed by atoms with Crippen LogP contribution in [0, 0.1) is 10.1 Å². The Morgan fingerprint density at radius 1 is 1.33 bits per heavy atom. The first kappa shape index (κ1) is 12.0. The zero-order valence-corrected chi connectivity index (χ0v) is 9.78. The van der Waals surface area contributed by atoms with E-state index in [1.165, 1.54) is 6.07 Å². The first-order valence-corrected chi connectivity index (χ1v) is 5.44. The summed E-state index contributed by atoms with van der Waals surface area (Å²) in [6.45, 7) is 1.88. The lowest BCUT2D eigenvalue weighted by molar-refractivity contribution is -0.384. The van der Waals surface area contributed by atoms with E-state index in [1.54, 1.807) is 36.8 Å². The number of anilines is 1. The second-order valence-corrected chi connectivity index (χ2v) is 3.77. The maximum Gasteiger partial charge on any atom is 0.292 e. The van der Waals surface area contributed by atoms with E-state index in [4.69, 9.17) is 0 Å². The van der Waals surface area contributed by atoms with Crippen molar-refractivity contribution in [3.63, 3.8) is 0 Å². The number of para-hydroxylation sites is 2. The van der Waals surface area contributed by atoms with Crippen molar-refractivity contribution in [3.8, 4) is 0 Å². The van der Waals surface area contributed by atoms with Gasteiger partial charge >= 0.3 is 0 Å². The molecule has 2 aromatic rings. The Morgan fingerprint density at radius 2 is 2.11 bits per heavy atom. The number of rotatable bonds is 4. The van der Waals surface area contributed by atoms with Crippen LogP contribution in [0.3, 0.4) is 0 Å². The first-order chi connectivity index (χ1) is 8.68. The van der Waals surface area contributed by atoms with Crippen molar-refractivity contribution < 1.29 is 4.92 Å². The molecule has 1 aromatic carbocycles. The summed E-state index contributed by atoms with van der Waals surface area (Å²) in [6.07, 6.45) is 4.81. The van der Waals surface area contributed by atoms with Crippen LogP contribution in [0.1, 0.15) is 18.7 Å². The molecular formula is C12H12N4O2. The molecular weight excluding hydrogens is 232 g/mol. The summed E-state index contributed by atoms with van der Waals surface area (Å²) in [4.78, 5) is 18.6. The number of nitro groups is 1. The van der Waals surface area contributed by atoms with Gasteiger partial charge in [0.2, 0.25) is 0 Å². The van der Waals surface area contributed by atoms with Crippen LogP contribution < -0.4 is 5.32 Å². The van der Waals surface area contributed by atoms with Crippen molar-refractivity contribution in [2.75, 3.05) is 5.32 Å². The minimum absolute atomic E-state index is 0.0493. The molecule has 1 heterocycles. The molecule has 0 bridgehead atoms. The van der Waals surface area contributed by atoms with E-state index < -0.39 is 4.92 Å². The fourth-order valence-corrected chi connectivity index (χ4v) is 1.60. The zero-order valence-electron chi connectivity index (χ0n) is 9.78. The summed E-state index contributed by atoms with van der Waals surface area (Å²) in [5.74, 6) is 0. The average Bonchev–Trinajstić information content (AvgIpc) is 2.40. The average molecular weight is 244 g/mol. The van der Waals surface area contributed by atoms with E-state index in [9.17, 15) is 10.1 Å². The molecule has 1 unspecified atom stereocenters. The third-order valence-electron chi connectivity index (χ3n) is 2.50. The Bertz CT molecular complexity index is 545. The molecule has 0 aliphatic heterocycles. The topological polar surface area (TPSA) is 81.0 Å². The van der Waals surface area contributed by atoms with Gasteiger partial charge in [0.1, 0.15) is 5.69 Å². The fourth-order valence-electron chi connectivity index (χ4n) is 1.60. The molecule has 0 saturated carbocycles.